The summed E-state index contributed by atoms with van der Waals surface area (Å²) < 4.78 is 7.08. The number of ether oxygens (including phenoxy) is 1. The number of hydrogen-bond acceptors (Lipinski definition) is 4. The lowest BCUT2D eigenvalue weighted by Crippen LogP contribution is -2.27. The van der Waals surface area contributed by atoms with Gasteiger partial charge in [-0.1, -0.05) is 0 Å². The third-order valence-electron chi connectivity index (χ3n) is 3.10. The molecule has 3 rings (SSSR count). The van der Waals surface area contributed by atoms with Crippen LogP contribution in [0.3, 0.4) is 0 Å². The van der Waals surface area contributed by atoms with E-state index in [-0.39, 0.29) is 5.69 Å². The van der Waals surface area contributed by atoms with Crippen molar-refractivity contribution in [2.24, 2.45) is 5.92 Å². The number of imidazole rings is 1. The fourth-order valence-corrected chi connectivity index (χ4v) is 2.26. The fourth-order valence-electron chi connectivity index (χ4n) is 2.26. The van der Waals surface area contributed by atoms with Gasteiger partial charge in [0, 0.05) is 31.5 Å². The monoisotopic (exact) mass is 234 g/mol. The van der Waals surface area contributed by atoms with Gasteiger partial charge in [0.1, 0.15) is 0 Å². The number of hydrogen-bond donors (Lipinski definition) is 1. The lowest BCUT2D eigenvalue weighted by molar-refractivity contribution is 0.0484. The molecule has 0 bridgehead atoms. The van der Waals surface area contributed by atoms with E-state index in [1.54, 1.807) is 17.0 Å². The highest BCUT2D eigenvalue weighted by molar-refractivity contribution is 5.64. The zero-order valence-corrected chi connectivity index (χ0v) is 9.43. The normalized spacial score (nSPS) is 20.8. The van der Waals surface area contributed by atoms with E-state index >= 15 is 0 Å². The Morgan fingerprint density at radius 3 is 3.18 bits per heavy atom. The number of nitrogens with one attached hydrogen (secondary N) is 1. The Balaban J connectivity index is 1.93. The summed E-state index contributed by atoms with van der Waals surface area (Å²) in [6, 6.07) is 0. The Kier molecular flexibility index (Phi) is 2.64. The molecule has 2 aromatic heterocycles. The van der Waals surface area contributed by atoms with Gasteiger partial charge in [-0.15, -0.1) is 0 Å². The Bertz CT molecular complexity index is 568. The maximum atomic E-state index is 11.8. The van der Waals surface area contributed by atoms with Crippen molar-refractivity contribution in [3.8, 4) is 0 Å². The third-order valence-corrected chi connectivity index (χ3v) is 3.10. The smallest absolute Gasteiger partial charge is 0.328 e. The Labute approximate surface area is 97.7 Å². The summed E-state index contributed by atoms with van der Waals surface area (Å²) in [5, 5.41) is 0. The summed E-state index contributed by atoms with van der Waals surface area (Å²) in [6.45, 7) is 2.20. The van der Waals surface area contributed by atoms with Crippen LogP contribution < -0.4 is 5.69 Å². The predicted octanol–water partition coefficient (Wildman–Crippen LogP) is 0.546. The van der Waals surface area contributed by atoms with E-state index in [9.17, 15) is 4.79 Å². The molecule has 90 valence electrons. The molecule has 6 nitrogen and oxygen atoms in total. The maximum absolute atomic E-state index is 11.8. The largest absolute Gasteiger partial charge is 0.381 e. The van der Waals surface area contributed by atoms with Crippen LogP contribution >= 0.6 is 0 Å². The van der Waals surface area contributed by atoms with Gasteiger partial charge in [-0.2, -0.15) is 0 Å². The van der Waals surface area contributed by atoms with Gasteiger partial charge >= 0.3 is 5.69 Å². The molecule has 2 aromatic rings. The van der Waals surface area contributed by atoms with Crippen LogP contribution in [0.25, 0.3) is 11.3 Å². The number of rotatable bonds is 2. The van der Waals surface area contributed by atoms with Gasteiger partial charge in [-0.3, -0.25) is 9.55 Å². The molecule has 1 aliphatic rings. The van der Waals surface area contributed by atoms with Gasteiger partial charge in [0.15, 0.2) is 11.3 Å². The highest BCUT2D eigenvalue weighted by Gasteiger charge is 2.17. The fraction of sp³-hybridized carbons (Fsp3) is 0.545. The molecule has 6 heteroatoms. The first kappa shape index (κ1) is 10.5. The van der Waals surface area contributed by atoms with Gasteiger partial charge in [0.2, 0.25) is 0 Å². The number of nitrogens with zero attached hydrogens (tertiary/aromatic N) is 3. The molecule has 1 unspecified atom stereocenters. The van der Waals surface area contributed by atoms with Gasteiger partial charge in [0.05, 0.1) is 6.61 Å². The zero-order valence-electron chi connectivity index (χ0n) is 9.43. The average molecular weight is 234 g/mol. The minimum absolute atomic E-state index is 0.142. The SMILES string of the molecule is O=c1[nH]c2nccnc2n1CC1CCCOC1. The van der Waals surface area contributed by atoms with E-state index in [1.165, 1.54) is 0 Å². The minimum atomic E-state index is -0.142. The lowest BCUT2D eigenvalue weighted by atomic mass is 10.0. The van der Waals surface area contributed by atoms with E-state index in [0.717, 1.165) is 26.1 Å². The number of H-pyrrole nitrogens is 1. The van der Waals surface area contributed by atoms with Gasteiger partial charge < -0.3 is 4.74 Å². The molecule has 0 radical (unpaired) electrons. The van der Waals surface area contributed by atoms with Crippen LogP contribution in [0.5, 0.6) is 0 Å². The van der Waals surface area contributed by atoms with E-state index in [2.05, 4.69) is 15.0 Å². The molecule has 1 aliphatic heterocycles. The van der Waals surface area contributed by atoms with Gasteiger partial charge in [0.25, 0.3) is 0 Å². The van der Waals surface area contributed by atoms with Crippen LogP contribution in [-0.4, -0.2) is 32.7 Å². The first-order chi connectivity index (χ1) is 8.34. The first-order valence-electron chi connectivity index (χ1n) is 5.82. The highest BCUT2D eigenvalue weighted by atomic mass is 16.5. The van der Waals surface area contributed by atoms with Crippen molar-refractivity contribution in [1.82, 2.24) is 19.5 Å². The second-order valence-electron chi connectivity index (χ2n) is 4.35. The van der Waals surface area contributed by atoms with Crippen molar-refractivity contribution in [2.75, 3.05) is 13.2 Å². The summed E-state index contributed by atoms with van der Waals surface area (Å²) in [4.78, 5) is 22.8. The first-order valence-corrected chi connectivity index (χ1v) is 5.82. The Hall–Kier alpha value is -1.69. The quantitative estimate of drug-likeness (QED) is 0.823. The van der Waals surface area contributed by atoms with Gasteiger partial charge in [-0.05, 0) is 12.8 Å². The second kappa shape index (κ2) is 4.29. The molecule has 17 heavy (non-hydrogen) atoms. The molecule has 3 heterocycles. The van der Waals surface area contributed by atoms with Crippen molar-refractivity contribution in [1.29, 1.82) is 0 Å². The molecular weight excluding hydrogens is 220 g/mol. The lowest BCUT2D eigenvalue weighted by Gasteiger charge is -2.21. The van der Waals surface area contributed by atoms with Crippen molar-refractivity contribution in [3.05, 3.63) is 22.9 Å². The van der Waals surface area contributed by atoms with Crippen LogP contribution in [0, 0.1) is 5.92 Å². The molecule has 0 aliphatic carbocycles. The standard InChI is InChI=1S/C11H14N4O2/c16-11-14-9-10(13-4-3-12-9)15(11)6-8-2-1-5-17-7-8/h3-4,8H,1-2,5-7H2,(H,12,14,16). The Morgan fingerprint density at radius 2 is 2.35 bits per heavy atom. The number of aromatic amines is 1. The molecular formula is C11H14N4O2. The molecule has 0 spiro atoms. The second-order valence-corrected chi connectivity index (χ2v) is 4.35. The highest BCUT2D eigenvalue weighted by Crippen LogP contribution is 2.16. The van der Waals surface area contributed by atoms with E-state index in [0.29, 0.717) is 23.8 Å². The predicted molar refractivity (Wildman–Crippen MR) is 61.7 cm³/mol. The van der Waals surface area contributed by atoms with Gasteiger partial charge in [-0.25, -0.2) is 14.8 Å². The van der Waals surface area contributed by atoms with Crippen molar-refractivity contribution < 1.29 is 4.74 Å². The maximum Gasteiger partial charge on any atom is 0.328 e. The van der Waals surface area contributed by atoms with Crippen LogP contribution in [0.2, 0.25) is 0 Å². The van der Waals surface area contributed by atoms with Crippen molar-refractivity contribution in [3.63, 3.8) is 0 Å². The van der Waals surface area contributed by atoms with E-state index in [4.69, 9.17) is 4.74 Å². The molecule has 0 aromatic carbocycles. The Morgan fingerprint density at radius 1 is 1.47 bits per heavy atom. The van der Waals surface area contributed by atoms with Crippen LogP contribution in [-0.2, 0) is 11.3 Å². The third kappa shape index (κ3) is 1.95. The molecule has 1 saturated heterocycles. The molecule has 1 atom stereocenters. The van der Waals surface area contributed by atoms with Crippen LogP contribution in [0.4, 0.5) is 0 Å². The summed E-state index contributed by atoms with van der Waals surface area (Å²) in [5.41, 5.74) is 1.04. The minimum Gasteiger partial charge on any atom is -0.381 e. The van der Waals surface area contributed by atoms with Crippen LogP contribution in [0.1, 0.15) is 12.8 Å². The number of aromatic nitrogens is 4. The summed E-state index contributed by atoms with van der Waals surface area (Å²) in [5.74, 6) is 0.391. The summed E-state index contributed by atoms with van der Waals surface area (Å²) in [6.07, 6.45) is 5.34. The summed E-state index contributed by atoms with van der Waals surface area (Å²) >= 11 is 0. The zero-order chi connectivity index (χ0) is 11.7. The topological polar surface area (TPSA) is 72.8 Å². The van der Waals surface area contributed by atoms with Crippen molar-refractivity contribution >= 4 is 11.3 Å². The number of fused-ring (bicyclic) bond motifs is 1. The summed E-state index contributed by atoms with van der Waals surface area (Å²) in [7, 11) is 0. The van der Waals surface area contributed by atoms with Crippen molar-refractivity contribution in [2.45, 2.75) is 19.4 Å². The van der Waals surface area contributed by atoms with Crippen LogP contribution in [0.15, 0.2) is 17.2 Å². The van der Waals surface area contributed by atoms with E-state index < -0.39 is 0 Å². The molecule has 0 saturated carbocycles. The molecule has 1 fully saturated rings. The molecule has 1 N–H and O–H groups in total. The molecule has 0 amide bonds. The average Bonchev–Trinajstić information content (AvgIpc) is 2.68. The van der Waals surface area contributed by atoms with E-state index in [1.807, 2.05) is 0 Å².